The number of nitrogens with zero attached hydrogens (tertiary/aromatic N) is 2. The van der Waals surface area contributed by atoms with Crippen LogP contribution < -0.4 is 5.32 Å². The lowest BCUT2D eigenvalue weighted by Gasteiger charge is -2.22. The number of pyridine rings is 1. The van der Waals surface area contributed by atoms with Crippen LogP contribution in [0.5, 0.6) is 0 Å². The summed E-state index contributed by atoms with van der Waals surface area (Å²) in [4.78, 5) is 18.1. The zero-order valence-corrected chi connectivity index (χ0v) is 10.6. The van der Waals surface area contributed by atoms with Crippen molar-refractivity contribution in [3.8, 4) is 0 Å². The molecular formula is C12H16ClN3O. The Bertz CT molecular complexity index is 410. The largest absolute Gasteiger partial charge is 0.358 e. The number of rotatable bonds is 3. The lowest BCUT2D eigenvalue weighted by atomic mass is 10.2. The van der Waals surface area contributed by atoms with Crippen LogP contribution in [0.2, 0.25) is 5.15 Å². The molecule has 1 N–H and O–H groups in total. The monoisotopic (exact) mass is 253 g/mol. The van der Waals surface area contributed by atoms with E-state index in [4.69, 9.17) is 11.6 Å². The molecule has 1 aromatic rings. The van der Waals surface area contributed by atoms with Gasteiger partial charge in [-0.2, -0.15) is 0 Å². The van der Waals surface area contributed by atoms with Crippen molar-refractivity contribution < 1.29 is 4.79 Å². The fraction of sp³-hybridized carbons (Fsp3) is 0.500. The summed E-state index contributed by atoms with van der Waals surface area (Å²) in [7, 11) is 1.68. The predicted octanol–water partition coefficient (Wildman–Crippen LogP) is 1.45. The molecule has 0 aliphatic carbocycles. The number of hydrogen-bond acceptors (Lipinski definition) is 3. The number of carbonyl (C=O) groups excluding carboxylic acids is 1. The molecule has 0 radical (unpaired) electrons. The molecule has 1 unspecified atom stereocenters. The van der Waals surface area contributed by atoms with Crippen LogP contribution in [-0.2, 0) is 11.3 Å². The third-order valence-corrected chi connectivity index (χ3v) is 3.26. The van der Waals surface area contributed by atoms with Gasteiger partial charge in [0.1, 0.15) is 5.15 Å². The van der Waals surface area contributed by atoms with Crippen LogP contribution in [0.1, 0.15) is 18.5 Å². The third kappa shape index (κ3) is 2.96. The van der Waals surface area contributed by atoms with Crippen molar-refractivity contribution in [3.63, 3.8) is 0 Å². The van der Waals surface area contributed by atoms with Crippen LogP contribution in [-0.4, -0.2) is 35.4 Å². The molecule has 17 heavy (non-hydrogen) atoms. The minimum atomic E-state index is -0.0271. The summed E-state index contributed by atoms with van der Waals surface area (Å²) in [5.74, 6) is 0.0875. The van der Waals surface area contributed by atoms with E-state index in [2.05, 4.69) is 15.2 Å². The first-order valence-electron chi connectivity index (χ1n) is 5.78. The summed E-state index contributed by atoms with van der Waals surface area (Å²) >= 11 is 5.85. The SMILES string of the molecule is CNC(=O)C1CCCN1Cc1cccc(Cl)n1. The zero-order valence-electron chi connectivity index (χ0n) is 9.82. The smallest absolute Gasteiger partial charge is 0.237 e. The van der Waals surface area contributed by atoms with Crippen molar-refractivity contribution in [3.05, 3.63) is 29.0 Å². The zero-order chi connectivity index (χ0) is 12.3. The molecule has 4 nitrogen and oxygen atoms in total. The lowest BCUT2D eigenvalue weighted by molar-refractivity contribution is -0.125. The number of likely N-dealkylation sites (tertiary alicyclic amines) is 1. The molecule has 1 aliphatic rings. The number of amides is 1. The first-order valence-corrected chi connectivity index (χ1v) is 6.15. The van der Waals surface area contributed by atoms with E-state index in [1.165, 1.54) is 0 Å². The average molecular weight is 254 g/mol. The Morgan fingerprint density at radius 1 is 1.65 bits per heavy atom. The second-order valence-electron chi connectivity index (χ2n) is 4.19. The van der Waals surface area contributed by atoms with E-state index in [-0.39, 0.29) is 11.9 Å². The first kappa shape index (κ1) is 12.3. The van der Waals surface area contributed by atoms with Gasteiger partial charge in [-0.1, -0.05) is 17.7 Å². The topological polar surface area (TPSA) is 45.2 Å². The minimum Gasteiger partial charge on any atom is -0.358 e. The van der Waals surface area contributed by atoms with Crippen LogP contribution in [0.3, 0.4) is 0 Å². The highest BCUT2D eigenvalue weighted by molar-refractivity contribution is 6.29. The molecule has 92 valence electrons. The molecule has 2 heterocycles. The fourth-order valence-electron chi connectivity index (χ4n) is 2.23. The molecule has 1 fully saturated rings. The van der Waals surface area contributed by atoms with Crippen molar-refractivity contribution >= 4 is 17.5 Å². The number of nitrogens with one attached hydrogen (secondary N) is 1. The van der Waals surface area contributed by atoms with Gasteiger partial charge in [-0.05, 0) is 31.5 Å². The average Bonchev–Trinajstić information content (AvgIpc) is 2.76. The lowest BCUT2D eigenvalue weighted by Crippen LogP contribution is -2.41. The Morgan fingerprint density at radius 2 is 2.47 bits per heavy atom. The second kappa shape index (κ2) is 5.47. The van der Waals surface area contributed by atoms with Gasteiger partial charge in [0.25, 0.3) is 0 Å². The van der Waals surface area contributed by atoms with Crippen LogP contribution in [0, 0.1) is 0 Å². The summed E-state index contributed by atoms with van der Waals surface area (Å²) < 4.78 is 0. The van der Waals surface area contributed by atoms with E-state index in [0.717, 1.165) is 25.1 Å². The Hall–Kier alpha value is -1.13. The van der Waals surface area contributed by atoms with Gasteiger partial charge >= 0.3 is 0 Å². The summed E-state index contributed by atoms with van der Waals surface area (Å²) in [5.41, 5.74) is 0.910. The predicted molar refractivity (Wildman–Crippen MR) is 66.7 cm³/mol. The molecule has 5 heteroatoms. The first-order chi connectivity index (χ1) is 8.20. The molecule has 1 aromatic heterocycles. The molecule has 0 saturated carbocycles. The normalized spacial score (nSPS) is 20.5. The Morgan fingerprint density at radius 3 is 3.18 bits per heavy atom. The number of carbonyl (C=O) groups is 1. The van der Waals surface area contributed by atoms with Gasteiger partial charge in [0, 0.05) is 13.6 Å². The summed E-state index contributed by atoms with van der Waals surface area (Å²) in [5, 5.41) is 3.21. The van der Waals surface area contributed by atoms with E-state index in [9.17, 15) is 4.79 Å². The van der Waals surface area contributed by atoms with Gasteiger partial charge in [0.05, 0.1) is 11.7 Å². The fourth-order valence-corrected chi connectivity index (χ4v) is 2.41. The van der Waals surface area contributed by atoms with E-state index in [1.807, 2.05) is 12.1 Å². The van der Waals surface area contributed by atoms with Crippen molar-refractivity contribution in [2.45, 2.75) is 25.4 Å². The minimum absolute atomic E-state index is 0.0271. The van der Waals surface area contributed by atoms with Crippen LogP contribution in [0.25, 0.3) is 0 Å². The number of halogens is 1. The van der Waals surface area contributed by atoms with Crippen molar-refractivity contribution in [1.29, 1.82) is 0 Å². The number of hydrogen-bond donors (Lipinski definition) is 1. The van der Waals surface area contributed by atoms with Crippen molar-refractivity contribution in [1.82, 2.24) is 15.2 Å². The maximum atomic E-state index is 11.7. The molecule has 0 aromatic carbocycles. The molecule has 0 bridgehead atoms. The summed E-state index contributed by atoms with van der Waals surface area (Å²) in [6, 6.07) is 5.55. The standard InChI is InChI=1S/C12H16ClN3O/c1-14-12(17)10-5-3-7-16(10)8-9-4-2-6-11(13)15-9/h2,4,6,10H,3,5,7-8H2,1H3,(H,14,17). The summed E-state index contributed by atoms with van der Waals surface area (Å²) in [6.07, 6.45) is 1.97. The molecule has 1 atom stereocenters. The highest BCUT2D eigenvalue weighted by Gasteiger charge is 2.29. The number of aromatic nitrogens is 1. The van der Waals surface area contributed by atoms with Gasteiger partial charge in [0.2, 0.25) is 5.91 Å². The quantitative estimate of drug-likeness (QED) is 0.830. The van der Waals surface area contributed by atoms with Crippen LogP contribution >= 0.6 is 11.6 Å². The van der Waals surface area contributed by atoms with E-state index < -0.39 is 0 Å². The van der Waals surface area contributed by atoms with Crippen molar-refractivity contribution in [2.24, 2.45) is 0 Å². The van der Waals surface area contributed by atoms with Gasteiger partial charge in [-0.15, -0.1) is 0 Å². The van der Waals surface area contributed by atoms with E-state index in [0.29, 0.717) is 11.7 Å². The summed E-state index contributed by atoms with van der Waals surface area (Å²) in [6.45, 7) is 1.62. The van der Waals surface area contributed by atoms with Gasteiger partial charge in [-0.3, -0.25) is 9.69 Å². The van der Waals surface area contributed by atoms with E-state index >= 15 is 0 Å². The van der Waals surface area contributed by atoms with Gasteiger partial charge < -0.3 is 5.32 Å². The number of likely N-dealkylation sites (N-methyl/N-ethyl adjacent to an activating group) is 1. The Kier molecular flexibility index (Phi) is 3.97. The molecule has 1 saturated heterocycles. The molecule has 1 amide bonds. The van der Waals surface area contributed by atoms with Gasteiger partial charge in [-0.25, -0.2) is 4.98 Å². The Labute approximate surface area is 106 Å². The third-order valence-electron chi connectivity index (χ3n) is 3.05. The van der Waals surface area contributed by atoms with Crippen LogP contribution in [0.15, 0.2) is 18.2 Å². The molecular weight excluding hydrogens is 238 g/mol. The second-order valence-corrected chi connectivity index (χ2v) is 4.58. The highest BCUT2D eigenvalue weighted by atomic mass is 35.5. The van der Waals surface area contributed by atoms with Crippen molar-refractivity contribution in [2.75, 3.05) is 13.6 Å². The van der Waals surface area contributed by atoms with Gasteiger partial charge in [0.15, 0.2) is 0 Å². The maximum absolute atomic E-state index is 11.7. The molecule has 2 rings (SSSR count). The Balaban J connectivity index is 2.05. The maximum Gasteiger partial charge on any atom is 0.237 e. The molecule has 1 aliphatic heterocycles. The molecule has 0 spiro atoms. The highest BCUT2D eigenvalue weighted by Crippen LogP contribution is 2.20. The van der Waals surface area contributed by atoms with E-state index in [1.54, 1.807) is 13.1 Å². The van der Waals surface area contributed by atoms with Crippen LogP contribution in [0.4, 0.5) is 0 Å².